The first-order valence-corrected chi connectivity index (χ1v) is 5.59. The van der Waals surface area contributed by atoms with Crippen LogP contribution in [0.2, 0.25) is 0 Å². The maximum Gasteiger partial charge on any atom is 0.224 e. The van der Waals surface area contributed by atoms with E-state index in [1.165, 1.54) is 0 Å². The topological polar surface area (TPSA) is 38.3 Å². The summed E-state index contributed by atoms with van der Waals surface area (Å²) in [7, 11) is 1.61. The van der Waals surface area contributed by atoms with Gasteiger partial charge in [0.2, 0.25) is 5.91 Å². The highest BCUT2D eigenvalue weighted by atomic mass is 16.5. The van der Waals surface area contributed by atoms with Crippen molar-refractivity contribution in [2.45, 2.75) is 26.2 Å². The van der Waals surface area contributed by atoms with Crippen molar-refractivity contribution < 1.29 is 9.53 Å². The van der Waals surface area contributed by atoms with Gasteiger partial charge in [0.1, 0.15) is 5.75 Å². The highest BCUT2D eigenvalue weighted by Crippen LogP contribution is 2.15. The molecule has 0 aliphatic carbocycles. The highest BCUT2D eigenvalue weighted by molar-refractivity contribution is 5.90. The van der Waals surface area contributed by atoms with Gasteiger partial charge >= 0.3 is 0 Å². The van der Waals surface area contributed by atoms with Crippen LogP contribution in [0.4, 0.5) is 5.69 Å². The van der Waals surface area contributed by atoms with Gasteiger partial charge in [0.15, 0.2) is 0 Å². The lowest BCUT2D eigenvalue weighted by atomic mass is 10.2. The van der Waals surface area contributed by atoms with Crippen molar-refractivity contribution in [3.8, 4) is 17.6 Å². The number of benzene rings is 1. The Morgan fingerprint density at radius 3 is 2.65 bits per heavy atom. The SMILES string of the molecule is CC#CCCCC(=O)Nc1ccc(OC)cc1. The lowest BCUT2D eigenvalue weighted by Crippen LogP contribution is -2.10. The molecule has 17 heavy (non-hydrogen) atoms. The molecule has 0 fully saturated rings. The van der Waals surface area contributed by atoms with Crippen LogP contribution in [0.3, 0.4) is 0 Å². The van der Waals surface area contributed by atoms with Crippen LogP contribution in [0.5, 0.6) is 5.75 Å². The van der Waals surface area contributed by atoms with E-state index in [0.717, 1.165) is 24.3 Å². The number of ether oxygens (including phenoxy) is 1. The molecule has 0 aliphatic heterocycles. The Labute approximate surface area is 102 Å². The minimum absolute atomic E-state index is 0.0214. The van der Waals surface area contributed by atoms with E-state index in [0.29, 0.717) is 6.42 Å². The molecule has 1 N–H and O–H groups in total. The number of carbonyl (C=O) groups is 1. The van der Waals surface area contributed by atoms with Crippen molar-refractivity contribution in [1.82, 2.24) is 0 Å². The standard InChI is InChI=1S/C14H17NO2/c1-3-4-5-6-7-14(16)15-12-8-10-13(17-2)11-9-12/h8-11H,5-7H2,1-2H3,(H,15,16). The molecule has 0 atom stereocenters. The summed E-state index contributed by atoms with van der Waals surface area (Å²) in [5.74, 6) is 6.54. The molecule has 0 spiro atoms. The van der Waals surface area contributed by atoms with Gasteiger partial charge in [-0.2, -0.15) is 0 Å². The third-order valence-electron chi connectivity index (χ3n) is 2.26. The number of methoxy groups -OCH3 is 1. The molecular weight excluding hydrogens is 214 g/mol. The number of hydrogen-bond acceptors (Lipinski definition) is 2. The molecule has 0 aromatic heterocycles. The predicted octanol–water partition coefficient (Wildman–Crippen LogP) is 2.83. The van der Waals surface area contributed by atoms with Crippen molar-refractivity contribution >= 4 is 11.6 Å². The van der Waals surface area contributed by atoms with Gasteiger partial charge in [-0.25, -0.2) is 0 Å². The van der Waals surface area contributed by atoms with Crippen LogP contribution in [-0.2, 0) is 4.79 Å². The van der Waals surface area contributed by atoms with E-state index in [4.69, 9.17) is 4.74 Å². The third kappa shape index (κ3) is 5.07. The fourth-order valence-electron chi connectivity index (χ4n) is 1.36. The summed E-state index contributed by atoms with van der Waals surface area (Å²) in [5.41, 5.74) is 0.789. The second-order valence-corrected chi connectivity index (χ2v) is 3.56. The quantitative estimate of drug-likeness (QED) is 0.625. The van der Waals surface area contributed by atoms with Crippen molar-refractivity contribution in [3.63, 3.8) is 0 Å². The number of unbranched alkanes of at least 4 members (excludes halogenated alkanes) is 1. The Bertz CT molecular complexity index is 412. The maximum atomic E-state index is 11.5. The second kappa shape index (κ2) is 7.34. The van der Waals surface area contributed by atoms with Gasteiger partial charge in [-0.1, -0.05) is 0 Å². The molecule has 3 nitrogen and oxygen atoms in total. The summed E-state index contributed by atoms with van der Waals surface area (Å²) in [5, 5.41) is 2.83. The van der Waals surface area contributed by atoms with E-state index < -0.39 is 0 Å². The van der Waals surface area contributed by atoms with Gasteiger partial charge in [0.05, 0.1) is 7.11 Å². The molecule has 3 heteroatoms. The van der Waals surface area contributed by atoms with Crippen LogP contribution in [0.25, 0.3) is 0 Å². The Balaban J connectivity index is 2.36. The smallest absolute Gasteiger partial charge is 0.224 e. The Morgan fingerprint density at radius 1 is 1.35 bits per heavy atom. The van der Waals surface area contributed by atoms with Crippen LogP contribution in [-0.4, -0.2) is 13.0 Å². The number of amides is 1. The molecule has 0 saturated carbocycles. The molecule has 0 heterocycles. The van der Waals surface area contributed by atoms with E-state index in [1.807, 2.05) is 24.3 Å². The fraction of sp³-hybridized carbons (Fsp3) is 0.357. The van der Waals surface area contributed by atoms with Crippen LogP contribution >= 0.6 is 0 Å². The Hall–Kier alpha value is -1.95. The normalized spacial score (nSPS) is 9.06. The van der Waals surface area contributed by atoms with E-state index in [-0.39, 0.29) is 5.91 Å². The zero-order chi connectivity index (χ0) is 12.5. The van der Waals surface area contributed by atoms with Crippen LogP contribution in [0.15, 0.2) is 24.3 Å². The molecule has 1 aromatic rings. The average Bonchev–Trinajstić information content (AvgIpc) is 2.36. The van der Waals surface area contributed by atoms with Gasteiger partial charge in [-0.3, -0.25) is 4.79 Å². The lowest BCUT2D eigenvalue weighted by molar-refractivity contribution is -0.116. The van der Waals surface area contributed by atoms with Gasteiger partial charge in [0, 0.05) is 18.5 Å². The van der Waals surface area contributed by atoms with Crippen LogP contribution < -0.4 is 10.1 Å². The van der Waals surface area contributed by atoms with E-state index in [1.54, 1.807) is 14.0 Å². The summed E-state index contributed by atoms with van der Waals surface area (Å²) in [6.07, 6.45) is 2.07. The molecular formula is C14H17NO2. The van der Waals surface area contributed by atoms with Crippen molar-refractivity contribution in [3.05, 3.63) is 24.3 Å². The predicted molar refractivity (Wildman–Crippen MR) is 68.9 cm³/mol. The Kier molecular flexibility index (Phi) is 5.67. The molecule has 1 aromatic carbocycles. The number of carbonyl (C=O) groups excluding carboxylic acids is 1. The zero-order valence-electron chi connectivity index (χ0n) is 10.2. The van der Waals surface area contributed by atoms with Crippen LogP contribution in [0, 0.1) is 11.8 Å². The summed E-state index contributed by atoms with van der Waals surface area (Å²) >= 11 is 0. The summed E-state index contributed by atoms with van der Waals surface area (Å²) < 4.78 is 5.04. The maximum absolute atomic E-state index is 11.5. The molecule has 0 bridgehead atoms. The van der Waals surface area contributed by atoms with Gasteiger partial charge in [-0.15, -0.1) is 11.8 Å². The first-order valence-electron chi connectivity index (χ1n) is 5.59. The fourth-order valence-corrected chi connectivity index (χ4v) is 1.36. The van der Waals surface area contributed by atoms with Crippen molar-refractivity contribution in [2.24, 2.45) is 0 Å². The molecule has 0 saturated heterocycles. The zero-order valence-corrected chi connectivity index (χ0v) is 10.2. The van der Waals surface area contributed by atoms with Gasteiger partial charge in [0.25, 0.3) is 0 Å². The molecule has 0 unspecified atom stereocenters. The second-order valence-electron chi connectivity index (χ2n) is 3.56. The molecule has 1 amide bonds. The number of hydrogen-bond donors (Lipinski definition) is 1. The number of nitrogens with one attached hydrogen (secondary N) is 1. The van der Waals surface area contributed by atoms with Crippen LogP contribution in [0.1, 0.15) is 26.2 Å². The van der Waals surface area contributed by atoms with Crippen molar-refractivity contribution in [2.75, 3.05) is 12.4 Å². The average molecular weight is 231 g/mol. The van der Waals surface area contributed by atoms with E-state index in [2.05, 4.69) is 17.2 Å². The summed E-state index contributed by atoms with van der Waals surface area (Å²) in [4.78, 5) is 11.5. The first kappa shape index (κ1) is 13.1. The monoisotopic (exact) mass is 231 g/mol. The van der Waals surface area contributed by atoms with Crippen molar-refractivity contribution in [1.29, 1.82) is 0 Å². The molecule has 1 rings (SSSR count). The number of rotatable bonds is 5. The minimum Gasteiger partial charge on any atom is -0.497 e. The molecule has 90 valence electrons. The van der Waals surface area contributed by atoms with E-state index in [9.17, 15) is 4.79 Å². The minimum atomic E-state index is 0.0214. The highest BCUT2D eigenvalue weighted by Gasteiger charge is 2.01. The summed E-state index contributed by atoms with van der Waals surface area (Å²) in [6.45, 7) is 1.80. The number of anilines is 1. The lowest BCUT2D eigenvalue weighted by Gasteiger charge is -2.05. The third-order valence-corrected chi connectivity index (χ3v) is 2.26. The first-order chi connectivity index (χ1) is 8.26. The van der Waals surface area contributed by atoms with Gasteiger partial charge < -0.3 is 10.1 Å². The Morgan fingerprint density at radius 2 is 2.06 bits per heavy atom. The summed E-state index contributed by atoms with van der Waals surface area (Å²) in [6, 6.07) is 7.28. The largest absolute Gasteiger partial charge is 0.497 e. The van der Waals surface area contributed by atoms with Gasteiger partial charge in [-0.05, 0) is 37.6 Å². The van der Waals surface area contributed by atoms with E-state index >= 15 is 0 Å². The molecule has 0 aliphatic rings. The molecule has 0 radical (unpaired) electrons.